The number of fused-ring (bicyclic) bond motifs is 1. The van der Waals surface area contributed by atoms with Crippen molar-refractivity contribution < 1.29 is 4.39 Å². The fourth-order valence-electron chi connectivity index (χ4n) is 1.85. The van der Waals surface area contributed by atoms with Gasteiger partial charge in [0.2, 0.25) is 0 Å². The predicted molar refractivity (Wildman–Crippen MR) is 74.2 cm³/mol. The van der Waals surface area contributed by atoms with Crippen molar-refractivity contribution in [3.05, 3.63) is 47.8 Å². The molecular weight excluding hydrogens is 247 g/mol. The van der Waals surface area contributed by atoms with Gasteiger partial charge < -0.3 is 5.73 Å². The molecule has 0 aliphatic carbocycles. The molecule has 1 heterocycles. The Morgan fingerprint density at radius 3 is 2.78 bits per heavy atom. The molecular formula is C14H11FN2S. The number of nitrogens with two attached hydrogens (primary N) is 1. The zero-order valence-corrected chi connectivity index (χ0v) is 10.6. The number of aryl methyl sites for hydroxylation is 1. The zero-order chi connectivity index (χ0) is 12.7. The summed E-state index contributed by atoms with van der Waals surface area (Å²) in [6.45, 7) is 2.03. The lowest BCUT2D eigenvalue weighted by atomic mass is 10.2. The summed E-state index contributed by atoms with van der Waals surface area (Å²) in [6.07, 6.45) is 0. The SMILES string of the molecule is Cc1ccc2nc(-c3ccc(N)cc3F)sc2c1. The maximum absolute atomic E-state index is 13.8. The Morgan fingerprint density at radius 1 is 1.17 bits per heavy atom. The molecule has 0 aliphatic heterocycles. The molecule has 2 aromatic carbocycles. The third-order valence-electron chi connectivity index (χ3n) is 2.77. The van der Waals surface area contributed by atoms with Gasteiger partial charge in [-0.25, -0.2) is 9.37 Å². The number of rotatable bonds is 1. The van der Waals surface area contributed by atoms with Crippen LogP contribution in [0.25, 0.3) is 20.8 Å². The molecule has 2 nitrogen and oxygen atoms in total. The van der Waals surface area contributed by atoms with Crippen molar-refractivity contribution in [2.75, 3.05) is 5.73 Å². The number of nitrogen functional groups attached to an aromatic ring is 1. The van der Waals surface area contributed by atoms with Crippen molar-refractivity contribution in [1.29, 1.82) is 0 Å². The highest BCUT2D eigenvalue weighted by atomic mass is 32.1. The molecule has 3 aromatic rings. The lowest BCUT2D eigenvalue weighted by Gasteiger charge is -1.99. The summed E-state index contributed by atoms with van der Waals surface area (Å²) >= 11 is 1.49. The second-order valence-electron chi connectivity index (χ2n) is 4.23. The third kappa shape index (κ3) is 1.84. The molecule has 90 valence electrons. The lowest BCUT2D eigenvalue weighted by molar-refractivity contribution is 0.632. The second-order valence-corrected chi connectivity index (χ2v) is 5.26. The van der Waals surface area contributed by atoms with E-state index in [0.29, 0.717) is 16.3 Å². The molecule has 3 rings (SSSR count). The second kappa shape index (κ2) is 4.07. The predicted octanol–water partition coefficient (Wildman–Crippen LogP) is 3.99. The summed E-state index contributed by atoms with van der Waals surface area (Å²) in [5.74, 6) is -0.328. The molecule has 0 bridgehead atoms. The molecule has 0 saturated carbocycles. The minimum Gasteiger partial charge on any atom is -0.399 e. The van der Waals surface area contributed by atoms with Crippen molar-refractivity contribution in [2.24, 2.45) is 0 Å². The van der Waals surface area contributed by atoms with Gasteiger partial charge in [-0.1, -0.05) is 6.07 Å². The number of hydrogen-bond acceptors (Lipinski definition) is 3. The topological polar surface area (TPSA) is 38.9 Å². The van der Waals surface area contributed by atoms with Crippen LogP contribution in [0, 0.1) is 12.7 Å². The monoisotopic (exact) mass is 258 g/mol. The van der Waals surface area contributed by atoms with Gasteiger partial charge in [-0.2, -0.15) is 0 Å². The smallest absolute Gasteiger partial charge is 0.135 e. The number of benzene rings is 2. The third-order valence-corrected chi connectivity index (χ3v) is 3.82. The summed E-state index contributed by atoms with van der Waals surface area (Å²) in [6, 6.07) is 10.7. The van der Waals surface area contributed by atoms with Crippen LogP contribution in [-0.4, -0.2) is 4.98 Å². The Labute approximate surface area is 108 Å². The minimum absolute atomic E-state index is 0.328. The highest BCUT2D eigenvalue weighted by molar-refractivity contribution is 7.21. The van der Waals surface area contributed by atoms with E-state index in [4.69, 9.17) is 5.73 Å². The van der Waals surface area contributed by atoms with E-state index in [9.17, 15) is 4.39 Å². The number of thiazole rings is 1. The van der Waals surface area contributed by atoms with Crippen LogP contribution in [0.3, 0.4) is 0 Å². The fraction of sp³-hybridized carbons (Fsp3) is 0.0714. The van der Waals surface area contributed by atoms with Crippen molar-refractivity contribution in [2.45, 2.75) is 6.92 Å². The highest BCUT2D eigenvalue weighted by Crippen LogP contribution is 2.32. The van der Waals surface area contributed by atoms with Gasteiger partial charge in [-0.15, -0.1) is 11.3 Å². The summed E-state index contributed by atoms with van der Waals surface area (Å²) in [5.41, 5.74) is 8.55. The van der Waals surface area contributed by atoms with Crippen LogP contribution in [0.4, 0.5) is 10.1 Å². The summed E-state index contributed by atoms with van der Waals surface area (Å²) in [7, 11) is 0. The Kier molecular flexibility index (Phi) is 2.52. The summed E-state index contributed by atoms with van der Waals surface area (Å²) in [5, 5.41) is 0.688. The Morgan fingerprint density at radius 2 is 2.00 bits per heavy atom. The first-order valence-corrected chi connectivity index (χ1v) is 6.38. The van der Waals surface area contributed by atoms with E-state index in [1.54, 1.807) is 12.1 Å². The number of hydrogen-bond donors (Lipinski definition) is 1. The highest BCUT2D eigenvalue weighted by Gasteiger charge is 2.10. The quantitative estimate of drug-likeness (QED) is 0.670. The Balaban J connectivity index is 2.19. The van der Waals surface area contributed by atoms with E-state index >= 15 is 0 Å². The lowest BCUT2D eigenvalue weighted by Crippen LogP contribution is -1.88. The normalized spacial score (nSPS) is 11.0. The molecule has 0 unspecified atom stereocenters. The zero-order valence-electron chi connectivity index (χ0n) is 9.77. The van der Waals surface area contributed by atoms with Crippen molar-refractivity contribution in [3.8, 4) is 10.6 Å². The molecule has 0 spiro atoms. The minimum atomic E-state index is -0.328. The van der Waals surface area contributed by atoms with E-state index < -0.39 is 0 Å². The molecule has 4 heteroatoms. The number of anilines is 1. The first kappa shape index (κ1) is 11.2. The Hall–Kier alpha value is -1.94. The number of halogens is 1. The van der Waals surface area contributed by atoms with E-state index in [2.05, 4.69) is 11.1 Å². The van der Waals surface area contributed by atoms with E-state index in [1.807, 2.05) is 19.1 Å². The summed E-state index contributed by atoms with van der Waals surface area (Å²) < 4.78 is 14.9. The average molecular weight is 258 g/mol. The Bertz CT molecular complexity index is 734. The maximum atomic E-state index is 13.8. The van der Waals surface area contributed by atoms with Crippen molar-refractivity contribution in [3.63, 3.8) is 0 Å². The van der Waals surface area contributed by atoms with Gasteiger partial charge in [0, 0.05) is 11.3 Å². The molecule has 0 saturated heterocycles. The molecule has 0 fully saturated rings. The molecule has 0 atom stereocenters. The van der Waals surface area contributed by atoms with E-state index in [0.717, 1.165) is 10.2 Å². The first-order valence-electron chi connectivity index (χ1n) is 5.56. The van der Waals surface area contributed by atoms with Crippen molar-refractivity contribution >= 4 is 27.2 Å². The number of aromatic nitrogens is 1. The van der Waals surface area contributed by atoms with Gasteiger partial charge in [-0.3, -0.25) is 0 Å². The van der Waals surface area contributed by atoms with Gasteiger partial charge in [0.1, 0.15) is 10.8 Å². The van der Waals surface area contributed by atoms with E-state index in [1.165, 1.54) is 23.0 Å². The van der Waals surface area contributed by atoms with Crippen LogP contribution in [0.5, 0.6) is 0 Å². The van der Waals surface area contributed by atoms with Crippen LogP contribution in [-0.2, 0) is 0 Å². The van der Waals surface area contributed by atoms with Gasteiger partial charge in [-0.05, 0) is 42.8 Å². The van der Waals surface area contributed by atoms with Crippen molar-refractivity contribution in [1.82, 2.24) is 4.98 Å². The van der Waals surface area contributed by atoms with Gasteiger partial charge in [0.15, 0.2) is 0 Å². The molecule has 1 aromatic heterocycles. The standard InChI is InChI=1S/C14H11FN2S/c1-8-2-5-12-13(6-8)18-14(17-12)10-4-3-9(16)7-11(10)15/h2-7H,16H2,1H3. The van der Waals surface area contributed by atoms with Gasteiger partial charge >= 0.3 is 0 Å². The van der Waals surface area contributed by atoms with Crippen LogP contribution in [0.1, 0.15) is 5.56 Å². The van der Waals surface area contributed by atoms with Crippen LogP contribution >= 0.6 is 11.3 Å². The summed E-state index contributed by atoms with van der Waals surface area (Å²) in [4.78, 5) is 4.45. The molecule has 2 N–H and O–H groups in total. The van der Waals surface area contributed by atoms with Crippen LogP contribution < -0.4 is 5.73 Å². The number of nitrogens with zero attached hydrogens (tertiary/aromatic N) is 1. The van der Waals surface area contributed by atoms with E-state index in [-0.39, 0.29) is 5.82 Å². The maximum Gasteiger partial charge on any atom is 0.135 e. The average Bonchev–Trinajstić information content (AvgIpc) is 2.71. The van der Waals surface area contributed by atoms with Gasteiger partial charge in [0.05, 0.1) is 10.2 Å². The molecule has 0 radical (unpaired) electrons. The van der Waals surface area contributed by atoms with Crippen LogP contribution in [0.2, 0.25) is 0 Å². The fourth-order valence-corrected chi connectivity index (χ4v) is 2.94. The molecule has 0 amide bonds. The van der Waals surface area contributed by atoms with Crippen LogP contribution in [0.15, 0.2) is 36.4 Å². The molecule has 0 aliphatic rings. The first-order chi connectivity index (χ1) is 8.63. The van der Waals surface area contributed by atoms with Gasteiger partial charge in [0.25, 0.3) is 0 Å². The largest absolute Gasteiger partial charge is 0.399 e. The molecule has 18 heavy (non-hydrogen) atoms.